The van der Waals surface area contributed by atoms with Gasteiger partial charge in [-0.25, -0.2) is 0 Å². The van der Waals surface area contributed by atoms with E-state index in [1.165, 1.54) is 49.5 Å². The fourth-order valence-corrected chi connectivity index (χ4v) is 9.51. The number of carbonyl (C=O) groups excluding carboxylic acids is 2. The van der Waals surface area contributed by atoms with E-state index in [0.717, 1.165) is 4.44 Å². The molecule has 2 aliphatic heterocycles. The summed E-state index contributed by atoms with van der Waals surface area (Å²) in [5.74, 6) is -0.273. The minimum absolute atomic E-state index is 0.0330. The van der Waals surface area contributed by atoms with Crippen molar-refractivity contribution in [3.8, 4) is 0 Å². The van der Waals surface area contributed by atoms with Crippen molar-refractivity contribution in [3.05, 3.63) is 103 Å². The topological polar surface area (TPSA) is 37.4 Å². The van der Waals surface area contributed by atoms with Crippen LogP contribution in [0, 0.1) is 0 Å². The number of allylic oxidation sites excluding steroid dienone is 1. The van der Waals surface area contributed by atoms with Crippen LogP contribution in [0.1, 0.15) is 75.1 Å². The molecule has 2 aromatic heterocycles. The molecule has 0 saturated heterocycles. The van der Waals surface area contributed by atoms with Crippen LogP contribution in [0.15, 0.2) is 64.9 Å². The van der Waals surface area contributed by atoms with Crippen LogP contribution in [0.25, 0.3) is 6.08 Å². The van der Waals surface area contributed by atoms with E-state index in [2.05, 4.69) is 81.1 Å². The summed E-state index contributed by atoms with van der Waals surface area (Å²) in [6.07, 6.45) is 1.87. The molecule has 4 aromatic rings. The predicted molar refractivity (Wildman–Crippen MR) is 143 cm³/mol. The summed E-state index contributed by atoms with van der Waals surface area (Å²) >= 11 is 1.38. The van der Waals surface area contributed by atoms with Crippen molar-refractivity contribution in [1.29, 1.82) is 0 Å². The first-order valence-electron chi connectivity index (χ1n) is 11.8. The summed E-state index contributed by atoms with van der Waals surface area (Å²) < 4.78 is 2.39. The molecule has 0 atom stereocenters. The van der Waals surface area contributed by atoms with Gasteiger partial charge in [-0.05, 0) is 0 Å². The molecule has 2 aromatic carbocycles. The number of hydrogen-bond donors (Lipinski definition) is 0. The van der Waals surface area contributed by atoms with Crippen molar-refractivity contribution >= 4 is 59.4 Å². The van der Waals surface area contributed by atoms with E-state index in [4.69, 9.17) is 0 Å². The van der Waals surface area contributed by atoms with Crippen molar-refractivity contribution in [2.24, 2.45) is 0 Å². The number of para-hydroxylation sites is 2. The van der Waals surface area contributed by atoms with E-state index < -0.39 is 0 Å². The Bertz CT molecular complexity index is 1620. The fraction of sp³-hybridized carbons (Fsp3) is 0.200. The van der Waals surface area contributed by atoms with E-state index >= 15 is 0 Å². The van der Waals surface area contributed by atoms with E-state index in [1.54, 1.807) is 10.8 Å². The summed E-state index contributed by atoms with van der Waals surface area (Å²) in [6, 6.07) is 17.7. The van der Waals surface area contributed by atoms with Crippen molar-refractivity contribution in [2.75, 3.05) is 4.90 Å². The SMILES string of the molecule is CC1(C)c2ccccc2N2c3[se]c(C=C4C(=O)c5cscc5C4=O)cc3C(C)(C)c3cccc1c32. The van der Waals surface area contributed by atoms with Crippen LogP contribution >= 0.6 is 11.3 Å². The molecule has 0 radical (unpaired) electrons. The molecule has 3 nitrogen and oxygen atoms in total. The summed E-state index contributed by atoms with van der Waals surface area (Å²) in [5, 5.41) is 3.59. The van der Waals surface area contributed by atoms with Crippen LogP contribution in [0.4, 0.5) is 15.9 Å². The third kappa shape index (κ3) is 2.61. The molecule has 0 fully saturated rings. The van der Waals surface area contributed by atoms with Gasteiger partial charge in [-0.3, -0.25) is 0 Å². The minimum atomic E-state index is -0.177. The maximum atomic E-state index is 13.0. The van der Waals surface area contributed by atoms with E-state index in [-0.39, 0.29) is 36.9 Å². The zero-order valence-corrected chi connectivity index (χ0v) is 22.5. The summed E-state index contributed by atoms with van der Waals surface area (Å²) in [4.78, 5) is 28.4. The van der Waals surface area contributed by atoms with Crippen molar-refractivity contribution in [1.82, 2.24) is 0 Å². The molecule has 1 aliphatic carbocycles. The second kappa shape index (κ2) is 6.82. The average molecular weight is 541 g/mol. The summed E-state index contributed by atoms with van der Waals surface area (Å²) in [6.45, 7) is 9.24. The predicted octanol–water partition coefficient (Wildman–Crippen LogP) is 7.02. The van der Waals surface area contributed by atoms with Gasteiger partial charge < -0.3 is 0 Å². The Labute approximate surface area is 214 Å². The number of nitrogens with zero attached hydrogens (tertiary/aromatic N) is 1. The molecule has 172 valence electrons. The molecule has 0 N–H and O–H groups in total. The Morgan fingerprint density at radius 1 is 0.800 bits per heavy atom. The summed E-state index contributed by atoms with van der Waals surface area (Å²) in [7, 11) is 0. The Morgan fingerprint density at radius 3 is 2.09 bits per heavy atom. The molecular formula is C30H23NO2SSe. The number of carbonyl (C=O) groups is 2. The third-order valence-corrected chi connectivity index (χ3v) is 10.9. The van der Waals surface area contributed by atoms with Gasteiger partial charge in [0.25, 0.3) is 0 Å². The van der Waals surface area contributed by atoms with Crippen LogP contribution < -0.4 is 4.90 Å². The third-order valence-electron chi connectivity index (χ3n) is 7.96. The van der Waals surface area contributed by atoms with Gasteiger partial charge in [0.15, 0.2) is 0 Å². The number of benzene rings is 2. The number of anilines is 3. The van der Waals surface area contributed by atoms with Gasteiger partial charge in [0.2, 0.25) is 0 Å². The molecule has 0 bridgehead atoms. The Kier molecular flexibility index (Phi) is 4.15. The van der Waals surface area contributed by atoms with Gasteiger partial charge >= 0.3 is 215 Å². The molecule has 7 rings (SSSR count). The molecule has 0 amide bonds. The molecule has 4 heterocycles. The fourth-order valence-electron chi connectivity index (χ4n) is 6.01. The van der Waals surface area contributed by atoms with E-state index in [9.17, 15) is 9.59 Å². The number of Topliss-reactive ketones (excluding diaryl/α,β-unsaturated/α-hetero) is 2. The molecule has 0 unspecified atom stereocenters. The van der Waals surface area contributed by atoms with Gasteiger partial charge in [0, 0.05) is 0 Å². The zero-order valence-electron chi connectivity index (χ0n) is 19.9. The van der Waals surface area contributed by atoms with Crippen LogP contribution in [-0.2, 0) is 10.8 Å². The van der Waals surface area contributed by atoms with Gasteiger partial charge in [0.05, 0.1) is 0 Å². The van der Waals surface area contributed by atoms with Gasteiger partial charge in [0.1, 0.15) is 0 Å². The van der Waals surface area contributed by atoms with Crippen LogP contribution in [0.2, 0.25) is 0 Å². The van der Waals surface area contributed by atoms with E-state index in [1.807, 2.05) is 6.08 Å². The van der Waals surface area contributed by atoms with Crippen LogP contribution in [-0.4, -0.2) is 26.1 Å². The first kappa shape index (κ1) is 21.3. The standard InChI is InChI=1S/C30H23NO2SSe/c1-29(2)20-8-5-6-11-24(20)31-25-21(29)9-7-10-22(25)30(3,4)23-13-16(35-28(23)31)12-17-26(32)18-14-34-15-19(18)27(17)33/h5-15H,1-4H3. The monoisotopic (exact) mass is 541 g/mol. The normalized spacial score (nSPS) is 18.2. The molecule has 3 aliphatic rings. The van der Waals surface area contributed by atoms with Crippen LogP contribution in [0.5, 0.6) is 0 Å². The molecule has 0 saturated carbocycles. The Hall–Kier alpha value is -2.98. The van der Waals surface area contributed by atoms with Gasteiger partial charge in [-0.2, -0.15) is 0 Å². The van der Waals surface area contributed by atoms with Gasteiger partial charge in [-0.1, -0.05) is 0 Å². The van der Waals surface area contributed by atoms with Crippen molar-refractivity contribution in [2.45, 2.75) is 38.5 Å². The Balaban J connectivity index is 1.47. The molecule has 5 heteroatoms. The second-order valence-electron chi connectivity index (χ2n) is 10.6. The zero-order chi connectivity index (χ0) is 24.3. The average Bonchev–Trinajstić information content (AvgIpc) is 3.54. The number of ketones is 2. The Morgan fingerprint density at radius 2 is 1.40 bits per heavy atom. The number of hydrogen-bond acceptors (Lipinski definition) is 4. The number of fused-ring (bicyclic) bond motifs is 5. The first-order chi connectivity index (χ1) is 16.7. The quantitative estimate of drug-likeness (QED) is 0.148. The maximum absolute atomic E-state index is 13.0. The van der Waals surface area contributed by atoms with E-state index in [0.29, 0.717) is 16.7 Å². The van der Waals surface area contributed by atoms with Crippen molar-refractivity contribution < 1.29 is 9.59 Å². The number of thiophene rings is 1. The molecule has 0 spiro atoms. The van der Waals surface area contributed by atoms with Gasteiger partial charge in [-0.15, -0.1) is 0 Å². The summed E-state index contributed by atoms with van der Waals surface area (Å²) in [5.41, 5.74) is 8.97. The van der Waals surface area contributed by atoms with Crippen molar-refractivity contribution in [3.63, 3.8) is 0 Å². The molecular weight excluding hydrogens is 517 g/mol. The van der Waals surface area contributed by atoms with Crippen LogP contribution in [0.3, 0.4) is 0 Å². The molecule has 35 heavy (non-hydrogen) atoms. The number of rotatable bonds is 1. The second-order valence-corrected chi connectivity index (χ2v) is 13.6. The first-order valence-corrected chi connectivity index (χ1v) is 14.4.